The number of carbonyl (C=O) groups excluding carboxylic acids is 3. The highest BCUT2D eigenvalue weighted by Gasteiger charge is 2.85. The number of likely N-dealkylation sites (N-methyl/N-ethyl adjacent to an activating group) is 1. The molecule has 9 nitrogen and oxygen atoms in total. The number of benzene rings is 1. The van der Waals surface area contributed by atoms with Crippen LogP contribution in [0.3, 0.4) is 0 Å². The normalized spacial score (nSPS) is 31.0. The number of esters is 1. The van der Waals surface area contributed by atoms with Crippen LogP contribution in [0.4, 0.5) is 0 Å². The van der Waals surface area contributed by atoms with Gasteiger partial charge in [-0.3, -0.25) is 9.59 Å². The van der Waals surface area contributed by atoms with Crippen molar-refractivity contribution in [1.82, 2.24) is 10.6 Å². The van der Waals surface area contributed by atoms with E-state index in [1.165, 1.54) is 12.0 Å². The summed E-state index contributed by atoms with van der Waals surface area (Å²) in [7, 11) is 0. The van der Waals surface area contributed by atoms with Gasteiger partial charge in [0.15, 0.2) is 11.4 Å². The van der Waals surface area contributed by atoms with E-state index in [4.69, 9.17) is 15.2 Å². The molecule has 48 heavy (non-hydrogen) atoms. The second-order valence-electron chi connectivity index (χ2n) is 14.4. The Kier molecular flexibility index (Phi) is 9.85. The highest BCUT2D eigenvalue weighted by molar-refractivity contribution is 6.32. The number of ketones is 2. The number of epoxide rings is 1. The summed E-state index contributed by atoms with van der Waals surface area (Å²) in [6, 6.07) is 6.61. The molecule has 0 radical (unpaired) electrons. The van der Waals surface area contributed by atoms with E-state index in [0.29, 0.717) is 30.3 Å². The first-order valence-electron chi connectivity index (χ1n) is 17.8. The van der Waals surface area contributed by atoms with Crippen LogP contribution in [-0.4, -0.2) is 66.2 Å². The third-order valence-electron chi connectivity index (χ3n) is 11.6. The molecule has 9 heteroatoms. The van der Waals surface area contributed by atoms with Crippen molar-refractivity contribution < 1.29 is 29.0 Å². The van der Waals surface area contributed by atoms with Crippen LogP contribution >= 0.6 is 0 Å². The summed E-state index contributed by atoms with van der Waals surface area (Å²) in [6.07, 6.45) is 16.4. The van der Waals surface area contributed by atoms with E-state index < -0.39 is 28.7 Å². The maximum Gasteiger partial charge on any atom is 0.350 e. The summed E-state index contributed by atoms with van der Waals surface area (Å²) in [4.78, 5) is 42.7. The summed E-state index contributed by atoms with van der Waals surface area (Å²) in [5.74, 6) is -0.763. The molecule has 0 aromatic heterocycles. The number of nitrogens with one attached hydrogen (secondary N) is 2. The lowest BCUT2D eigenvalue weighted by molar-refractivity contribution is -0.149. The lowest BCUT2D eigenvalue weighted by Crippen LogP contribution is -2.51. The SMILES string of the molecule is CCNC1C=CC(CC)CC1COC(=O)C12OC1(CC(CO)=C(C)CC1(C3=CCNC(N)=C3)CCCCC1)C(=O)c1ccccc1C2=O. The van der Waals surface area contributed by atoms with Crippen molar-refractivity contribution in [2.45, 2.75) is 95.8 Å². The molecule has 0 spiro atoms. The Balaban J connectivity index is 1.31. The third kappa shape index (κ3) is 5.88. The molecular weight excluding hydrogens is 606 g/mol. The number of ether oxygens (including phenoxy) is 2. The first kappa shape index (κ1) is 34.3. The maximum absolute atomic E-state index is 14.3. The number of rotatable bonds is 12. The van der Waals surface area contributed by atoms with Crippen molar-refractivity contribution in [1.29, 1.82) is 0 Å². The van der Waals surface area contributed by atoms with E-state index in [2.05, 4.69) is 35.8 Å². The smallest absolute Gasteiger partial charge is 0.350 e. The molecule has 1 saturated heterocycles. The van der Waals surface area contributed by atoms with Crippen molar-refractivity contribution in [2.24, 2.45) is 23.0 Å². The lowest BCUT2D eigenvalue weighted by Gasteiger charge is -2.41. The van der Waals surface area contributed by atoms with Gasteiger partial charge in [0, 0.05) is 36.1 Å². The van der Waals surface area contributed by atoms with Crippen LogP contribution in [0.2, 0.25) is 0 Å². The van der Waals surface area contributed by atoms with E-state index in [0.717, 1.165) is 50.6 Å². The topological polar surface area (TPSA) is 143 Å². The second kappa shape index (κ2) is 13.8. The van der Waals surface area contributed by atoms with Crippen molar-refractivity contribution in [3.8, 4) is 0 Å². The predicted octanol–water partition coefficient (Wildman–Crippen LogP) is 5.07. The van der Waals surface area contributed by atoms with E-state index in [1.54, 1.807) is 24.3 Å². The van der Waals surface area contributed by atoms with E-state index >= 15 is 0 Å². The number of carbonyl (C=O) groups is 3. The molecular formula is C39H51N3O6. The molecule has 1 aromatic rings. The van der Waals surface area contributed by atoms with Crippen molar-refractivity contribution in [3.05, 3.63) is 82.2 Å². The largest absolute Gasteiger partial charge is 0.463 e. The van der Waals surface area contributed by atoms with Gasteiger partial charge in [-0.2, -0.15) is 0 Å². The highest BCUT2D eigenvalue weighted by Crippen LogP contribution is 2.60. The number of hydrogen-bond acceptors (Lipinski definition) is 9. The fraction of sp³-hybridized carbons (Fsp3) is 0.564. The average Bonchev–Trinajstić information content (AvgIpc) is 3.81. The van der Waals surface area contributed by atoms with Gasteiger partial charge < -0.3 is 30.9 Å². The molecule has 5 atom stereocenters. The molecule has 1 saturated carbocycles. The van der Waals surface area contributed by atoms with Gasteiger partial charge in [-0.1, -0.05) is 81.2 Å². The third-order valence-corrected chi connectivity index (χ3v) is 11.6. The predicted molar refractivity (Wildman–Crippen MR) is 184 cm³/mol. The maximum atomic E-state index is 14.3. The molecule has 2 fully saturated rings. The van der Waals surface area contributed by atoms with Gasteiger partial charge in [0.05, 0.1) is 19.0 Å². The van der Waals surface area contributed by atoms with Gasteiger partial charge in [-0.15, -0.1) is 0 Å². The Labute approximate surface area is 284 Å². The Bertz CT molecular complexity index is 1570. The van der Waals surface area contributed by atoms with E-state index in [9.17, 15) is 19.5 Å². The van der Waals surface area contributed by atoms with Crippen LogP contribution in [0.5, 0.6) is 0 Å². The fourth-order valence-electron chi connectivity index (χ4n) is 8.77. The second-order valence-corrected chi connectivity index (χ2v) is 14.4. The molecule has 3 aliphatic carbocycles. The number of Topliss-reactive ketones (excluding diaryl/α,β-unsaturated/α-hetero) is 2. The van der Waals surface area contributed by atoms with Gasteiger partial charge in [0.2, 0.25) is 5.78 Å². The summed E-state index contributed by atoms with van der Waals surface area (Å²) < 4.78 is 12.2. The number of fused-ring (bicyclic) bond motifs is 2. The zero-order chi connectivity index (χ0) is 34.1. The standard InChI is InChI=1S/C39H51N3O6/c1-4-26-13-14-32(41-5-2)27(19-26)24-47-36(46)39-35(45)31-12-8-7-11-30(31)34(44)38(39,48-39)22-28(23-43)25(3)21-37(16-9-6-10-17-37)29-15-18-42-33(40)20-29/h7-8,11-15,20,26-27,32,41-43H,4-6,9-10,16-19,21-24,40H2,1-3H3. The van der Waals surface area contributed by atoms with Crippen molar-refractivity contribution in [3.63, 3.8) is 0 Å². The van der Waals surface area contributed by atoms with E-state index in [-0.39, 0.29) is 48.1 Å². The minimum Gasteiger partial charge on any atom is -0.463 e. The monoisotopic (exact) mass is 657 g/mol. The van der Waals surface area contributed by atoms with E-state index in [1.807, 2.05) is 19.9 Å². The molecule has 2 aliphatic heterocycles. The minimum atomic E-state index is -2.08. The molecule has 5 N–H and O–H groups in total. The summed E-state index contributed by atoms with van der Waals surface area (Å²) in [6.45, 7) is 7.38. The number of nitrogens with two attached hydrogens (primary N) is 1. The van der Waals surface area contributed by atoms with Crippen molar-refractivity contribution >= 4 is 17.5 Å². The van der Waals surface area contributed by atoms with Crippen LogP contribution in [0.25, 0.3) is 0 Å². The molecule has 5 aliphatic rings. The van der Waals surface area contributed by atoms with Gasteiger partial charge in [-0.25, -0.2) is 4.79 Å². The Morgan fingerprint density at radius 3 is 2.48 bits per heavy atom. The number of hydrogen-bond donors (Lipinski definition) is 4. The first-order valence-corrected chi connectivity index (χ1v) is 17.8. The summed E-state index contributed by atoms with van der Waals surface area (Å²) >= 11 is 0. The zero-order valence-electron chi connectivity index (χ0n) is 28.6. The lowest BCUT2D eigenvalue weighted by atomic mass is 9.64. The summed E-state index contributed by atoms with van der Waals surface area (Å²) in [5, 5.41) is 17.4. The van der Waals surface area contributed by atoms with Crippen LogP contribution in [0, 0.1) is 17.3 Å². The molecule has 0 amide bonds. The average molecular weight is 658 g/mol. The number of aliphatic hydroxyl groups excluding tert-OH is 1. The quantitative estimate of drug-likeness (QED) is 0.105. The Morgan fingerprint density at radius 2 is 1.81 bits per heavy atom. The molecule has 2 heterocycles. The molecule has 258 valence electrons. The fourth-order valence-corrected chi connectivity index (χ4v) is 8.77. The number of aliphatic hydroxyl groups is 1. The Morgan fingerprint density at radius 1 is 1.08 bits per heavy atom. The summed E-state index contributed by atoms with van der Waals surface area (Å²) in [5.41, 5.74) is 5.33. The molecule has 0 bridgehead atoms. The zero-order valence-corrected chi connectivity index (χ0v) is 28.6. The van der Waals surface area contributed by atoms with Crippen molar-refractivity contribution in [2.75, 3.05) is 26.3 Å². The molecule has 6 rings (SSSR count). The number of allylic oxidation sites excluding steroid dienone is 4. The van der Waals surface area contributed by atoms with Gasteiger partial charge in [-0.05, 0) is 74.1 Å². The van der Waals surface area contributed by atoms with Crippen LogP contribution in [0.15, 0.2) is 71.1 Å². The first-order chi connectivity index (χ1) is 23.1. The van der Waals surface area contributed by atoms with Crippen LogP contribution in [-0.2, 0) is 14.3 Å². The minimum absolute atomic E-state index is 0.0179. The van der Waals surface area contributed by atoms with Gasteiger partial charge in [0.25, 0.3) is 5.60 Å². The molecule has 1 aromatic carbocycles. The van der Waals surface area contributed by atoms with Crippen LogP contribution < -0.4 is 16.4 Å². The molecule has 5 unspecified atom stereocenters. The highest BCUT2D eigenvalue weighted by atomic mass is 16.7. The van der Waals surface area contributed by atoms with Gasteiger partial charge in [0.1, 0.15) is 0 Å². The van der Waals surface area contributed by atoms with Gasteiger partial charge >= 0.3 is 5.97 Å². The Hall–Kier alpha value is -3.53. The number of dihydropyridines is 1. The van der Waals surface area contributed by atoms with Crippen LogP contribution in [0.1, 0.15) is 99.3 Å².